The fraction of sp³-hybridized carbons (Fsp3) is 0.875. The Bertz CT molecular complexity index is 145. The Hall–Kier alpha value is -0.610. The normalized spacial score (nSPS) is 15.6. The van der Waals surface area contributed by atoms with E-state index in [0.29, 0.717) is 19.5 Å². The molecular weight excluding hydrogens is 158 g/mol. The molecule has 72 valence electrons. The smallest absolute Gasteiger partial charge is 0.304 e. The summed E-state index contributed by atoms with van der Waals surface area (Å²) in [5, 5.41) is 20.7. The van der Waals surface area contributed by atoms with Gasteiger partial charge in [0.2, 0.25) is 0 Å². The summed E-state index contributed by atoms with van der Waals surface area (Å²) in [7, 11) is 0. The predicted octanol–water partition coefficient (Wildman–Crippen LogP) is 0.212. The molecule has 0 aromatic carbocycles. The number of carboxylic acid groups (broad SMARTS) is 1. The first-order chi connectivity index (χ1) is 5.48. The Kier molecular flexibility index (Phi) is 4.85. The van der Waals surface area contributed by atoms with Crippen LogP contribution in [0.15, 0.2) is 0 Å². The van der Waals surface area contributed by atoms with Gasteiger partial charge < -0.3 is 15.5 Å². The van der Waals surface area contributed by atoms with E-state index in [4.69, 9.17) is 5.11 Å². The van der Waals surface area contributed by atoms with Gasteiger partial charge in [-0.3, -0.25) is 4.79 Å². The fourth-order valence-electron chi connectivity index (χ4n) is 0.678. The molecule has 0 heterocycles. The molecule has 0 aromatic rings. The average molecular weight is 175 g/mol. The van der Waals surface area contributed by atoms with Crippen molar-refractivity contribution in [1.82, 2.24) is 5.32 Å². The third-order valence-electron chi connectivity index (χ3n) is 1.78. The standard InChI is InChI=1S/C8H17NO3/c1-3-8(2,12)6-9-5-4-7(10)11/h9,12H,3-6H2,1-2H3,(H,10,11). The molecular formula is C8H17NO3. The summed E-state index contributed by atoms with van der Waals surface area (Å²) in [6, 6.07) is 0. The second kappa shape index (κ2) is 5.11. The number of rotatable bonds is 6. The minimum Gasteiger partial charge on any atom is -0.481 e. The summed E-state index contributed by atoms with van der Waals surface area (Å²) in [4.78, 5) is 10.1. The molecule has 0 radical (unpaired) electrons. The number of hydrogen-bond acceptors (Lipinski definition) is 3. The van der Waals surface area contributed by atoms with Crippen molar-refractivity contribution in [3.05, 3.63) is 0 Å². The Labute approximate surface area is 72.6 Å². The molecule has 4 heteroatoms. The summed E-state index contributed by atoms with van der Waals surface area (Å²) < 4.78 is 0. The van der Waals surface area contributed by atoms with E-state index in [-0.39, 0.29) is 6.42 Å². The van der Waals surface area contributed by atoms with Gasteiger partial charge in [0.05, 0.1) is 12.0 Å². The molecule has 0 aliphatic carbocycles. The van der Waals surface area contributed by atoms with Crippen LogP contribution in [0, 0.1) is 0 Å². The molecule has 0 aliphatic rings. The summed E-state index contributed by atoms with van der Waals surface area (Å²) in [6.07, 6.45) is 0.757. The monoisotopic (exact) mass is 175 g/mol. The molecule has 12 heavy (non-hydrogen) atoms. The molecule has 0 aliphatic heterocycles. The number of hydrogen-bond donors (Lipinski definition) is 3. The van der Waals surface area contributed by atoms with Gasteiger partial charge in [-0.05, 0) is 13.3 Å². The van der Waals surface area contributed by atoms with Crippen molar-refractivity contribution < 1.29 is 15.0 Å². The Morgan fingerprint density at radius 1 is 1.58 bits per heavy atom. The third kappa shape index (κ3) is 6.12. The summed E-state index contributed by atoms with van der Waals surface area (Å²) in [6.45, 7) is 4.46. The molecule has 0 rings (SSSR count). The van der Waals surface area contributed by atoms with Crippen molar-refractivity contribution in [2.24, 2.45) is 0 Å². The molecule has 0 saturated heterocycles. The maximum atomic E-state index is 10.1. The van der Waals surface area contributed by atoms with E-state index >= 15 is 0 Å². The summed E-state index contributed by atoms with van der Waals surface area (Å²) in [5.41, 5.74) is -0.724. The van der Waals surface area contributed by atoms with Crippen LogP contribution in [0.2, 0.25) is 0 Å². The van der Waals surface area contributed by atoms with E-state index in [0.717, 1.165) is 0 Å². The highest BCUT2D eigenvalue weighted by Gasteiger charge is 2.16. The SMILES string of the molecule is CCC(C)(O)CNCCC(=O)O. The number of nitrogens with one attached hydrogen (secondary N) is 1. The average Bonchev–Trinajstić information content (AvgIpc) is 1.98. The minimum absolute atomic E-state index is 0.0970. The lowest BCUT2D eigenvalue weighted by Gasteiger charge is -2.21. The lowest BCUT2D eigenvalue weighted by Crippen LogP contribution is -2.37. The zero-order valence-electron chi connectivity index (χ0n) is 7.63. The van der Waals surface area contributed by atoms with Crippen LogP contribution in [0.25, 0.3) is 0 Å². The van der Waals surface area contributed by atoms with E-state index < -0.39 is 11.6 Å². The molecule has 0 bridgehead atoms. The lowest BCUT2D eigenvalue weighted by atomic mass is 10.0. The first-order valence-corrected chi connectivity index (χ1v) is 4.13. The summed E-state index contributed by atoms with van der Waals surface area (Å²) >= 11 is 0. The van der Waals surface area contributed by atoms with Gasteiger partial charge in [0.1, 0.15) is 0 Å². The van der Waals surface area contributed by atoms with Gasteiger partial charge in [-0.2, -0.15) is 0 Å². The quantitative estimate of drug-likeness (QED) is 0.505. The first kappa shape index (κ1) is 11.4. The van der Waals surface area contributed by atoms with E-state index in [1.165, 1.54) is 0 Å². The molecule has 0 spiro atoms. The molecule has 0 fully saturated rings. The third-order valence-corrected chi connectivity index (χ3v) is 1.78. The van der Waals surface area contributed by atoms with E-state index in [1.807, 2.05) is 6.92 Å². The Balaban J connectivity index is 3.37. The second-order valence-electron chi connectivity index (χ2n) is 3.17. The lowest BCUT2D eigenvalue weighted by molar-refractivity contribution is -0.136. The number of carbonyl (C=O) groups is 1. The Morgan fingerprint density at radius 3 is 2.58 bits per heavy atom. The van der Waals surface area contributed by atoms with Crippen molar-refractivity contribution in [1.29, 1.82) is 0 Å². The zero-order valence-corrected chi connectivity index (χ0v) is 7.63. The number of carboxylic acids is 1. The second-order valence-corrected chi connectivity index (χ2v) is 3.17. The predicted molar refractivity (Wildman–Crippen MR) is 46.0 cm³/mol. The minimum atomic E-state index is -0.821. The van der Waals surface area contributed by atoms with Crippen LogP contribution in [0.1, 0.15) is 26.7 Å². The van der Waals surface area contributed by atoms with Crippen LogP contribution in [0.3, 0.4) is 0 Å². The van der Waals surface area contributed by atoms with Crippen LogP contribution in [0.5, 0.6) is 0 Å². The van der Waals surface area contributed by atoms with Crippen molar-refractivity contribution in [3.8, 4) is 0 Å². The molecule has 0 saturated carbocycles. The molecule has 4 nitrogen and oxygen atoms in total. The van der Waals surface area contributed by atoms with Gasteiger partial charge in [-0.25, -0.2) is 0 Å². The highest BCUT2D eigenvalue weighted by atomic mass is 16.4. The van der Waals surface area contributed by atoms with Crippen LogP contribution in [-0.4, -0.2) is 34.9 Å². The van der Waals surface area contributed by atoms with E-state index in [9.17, 15) is 9.90 Å². The first-order valence-electron chi connectivity index (χ1n) is 4.13. The molecule has 0 amide bonds. The Morgan fingerprint density at radius 2 is 2.17 bits per heavy atom. The van der Waals surface area contributed by atoms with Gasteiger partial charge in [-0.1, -0.05) is 6.92 Å². The summed E-state index contributed by atoms with van der Waals surface area (Å²) in [5.74, 6) is -0.821. The van der Waals surface area contributed by atoms with E-state index in [1.54, 1.807) is 6.92 Å². The molecule has 0 aromatic heterocycles. The highest BCUT2D eigenvalue weighted by molar-refractivity contribution is 5.66. The molecule has 1 unspecified atom stereocenters. The highest BCUT2D eigenvalue weighted by Crippen LogP contribution is 2.05. The molecule has 3 N–H and O–H groups in total. The van der Waals surface area contributed by atoms with Gasteiger partial charge in [0.25, 0.3) is 0 Å². The maximum absolute atomic E-state index is 10.1. The van der Waals surface area contributed by atoms with Crippen LogP contribution >= 0.6 is 0 Å². The van der Waals surface area contributed by atoms with Gasteiger partial charge in [-0.15, -0.1) is 0 Å². The van der Waals surface area contributed by atoms with Crippen LogP contribution in [0.4, 0.5) is 0 Å². The fourth-order valence-corrected chi connectivity index (χ4v) is 0.678. The molecule has 1 atom stereocenters. The number of aliphatic carboxylic acids is 1. The van der Waals surface area contributed by atoms with Gasteiger partial charge in [0, 0.05) is 13.1 Å². The maximum Gasteiger partial charge on any atom is 0.304 e. The van der Waals surface area contributed by atoms with Crippen molar-refractivity contribution in [2.75, 3.05) is 13.1 Å². The van der Waals surface area contributed by atoms with E-state index in [2.05, 4.69) is 5.32 Å². The largest absolute Gasteiger partial charge is 0.481 e. The van der Waals surface area contributed by atoms with Crippen molar-refractivity contribution >= 4 is 5.97 Å². The topological polar surface area (TPSA) is 69.6 Å². The van der Waals surface area contributed by atoms with Crippen molar-refractivity contribution in [3.63, 3.8) is 0 Å². The van der Waals surface area contributed by atoms with Gasteiger partial charge in [0.15, 0.2) is 0 Å². The zero-order chi connectivity index (χ0) is 9.61. The number of aliphatic hydroxyl groups is 1. The van der Waals surface area contributed by atoms with Gasteiger partial charge >= 0.3 is 5.97 Å². The van der Waals surface area contributed by atoms with Crippen LogP contribution in [-0.2, 0) is 4.79 Å². The van der Waals surface area contributed by atoms with Crippen LogP contribution < -0.4 is 5.32 Å². The van der Waals surface area contributed by atoms with Crippen molar-refractivity contribution in [2.45, 2.75) is 32.3 Å².